The molecule has 3 N–H and O–H groups in total. The normalized spacial score (nSPS) is 23.6. The lowest BCUT2D eigenvalue weighted by atomic mass is 9.83. The number of rotatable bonds is 8. The van der Waals surface area contributed by atoms with Gasteiger partial charge in [0.15, 0.2) is 5.96 Å². The van der Waals surface area contributed by atoms with E-state index in [1.54, 1.807) is 0 Å². The average molecular weight is 327 g/mol. The van der Waals surface area contributed by atoms with Crippen molar-refractivity contribution in [3.05, 3.63) is 0 Å². The smallest absolute Gasteiger partial charge is 0.191 e. The minimum absolute atomic E-state index is 0.0897. The first kappa shape index (κ1) is 20.2. The van der Waals surface area contributed by atoms with E-state index in [2.05, 4.69) is 57.1 Å². The van der Waals surface area contributed by atoms with Crippen LogP contribution in [0.25, 0.3) is 0 Å². The van der Waals surface area contributed by atoms with Gasteiger partial charge in [0.1, 0.15) is 0 Å². The quantitative estimate of drug-likeness (QED) is 0.472. The van der Waals surface area contributed by atoms with Gasteiger partial charge < -0.3 is 15.7 Å². The van der Waals surface area contributed by atoms with Crippen molar-refractivity contribution in [3.63, 3.8) is 0 Å². The molecule has 1 aliphatic heterocycles. The maximum atomic E-state index is 9.72. The minimum atomic E-state index is -0.0897. The maximum Gasteiger partial charge on any atom is 0.191 e. The van der Waals surface area contributed by atoms with Gasteiger partial charge in [-0.25, -0.2) is 0 Å². The second-order valence-corrected chi connectivity index (χ2v) is 7.34. The van der Waals surface area contributed by atoms with Crippen molar-refractivity contribution >= 4 is 5.96 Å². The van der Waals surface area contributed by atoms with Crippen LogP contribution in [0.2, 0.25) is 0 Å². The van der Waals surface area contributed by atoms with E-state index in [1.165, 1.54) is 0 Å². The molecule has 136 valence electrons. The fourth-order valence-electron chi connectivity index (χ4n) is 3.10. The topological polar surface area (TPSA) is 59.9 Å². The highest BCUT2D eigenvalue weighted by atomic mass is 16.3. The van der Waals surface area contributed by atoms with Gasteiger partial charge >= 0.3 is 0 Å². The lowest BCUT2D eigenvalue weighted by Gasteiger charge is -2.28. The number of hydrogen-bond donors (Lipinski definition) is 3. The van der Waals surface area contributed by atoms with Crippen molar-refractivity contribution < 1.29 is 5.11 Å². The highest BCUT2D eigenvalue weighted by molar-refractivity contribution is 5.80. The lowest BCUT2D eigenvalue weighted by molar-refractivity contribution is 0.123. The van der Waals surface area contributed by atoms with Gasteiger partial charge in [0.05, 0.1) is 13.2 Å². The van der Waals surface area contributed by atoms with E-state index in [-0.39, 0.29) is 12.0 Å². The Morgan fingerprint density at radius 2 is 1.91 bits per heavy atom. The first-order valence-corrected chi connectivity index (χ1v) is 9.31. The van der Waals surface area contributed by atoms with Gasteiger partial charge in [-0.05, 0) is 39.5 Å². The van der Waals surface area contributed by atoms with Gasteiger partial charge in [-0.1, -0.05) is 20.8 Å². The summed E-state index contributed by atoms with van der Waals surface area (Å²) in [6.45, 7) is 17.1. The second kappa shape index (κ2) is 9.48. The van der Waals surface area contributed by atoms with Crippen LogP contribution in [0.1, 0.15) is 54.4 Å². The number of aliphatic imine (C=N–C) groups is 1. The number of nitrogens with zero attached hydrogens (tertiary/aromatic N) is 2. The van der Waals surface area contributed by atoms with Crippen molar-refractivity contribution in [3.8, 4) is 0 Å². The van der Waals surface area contributed by atoms with E-state index in [0.29, 0.717) is 24.5 Å². The molecule has 0 radical (unpaired) electrons. The Bertz CT molecular complexity index is 358. The Morgan fingerprint density at radius 3 is 2.35 bits per heavy atom. The van der Waals surface area contributed by atoms with E-state index in [4.69, 9.17) is 4.99 Å². The van der Waals surface area contributed by atoms with Crippen molar-refractivity contribution in [2.24, 2.45) is 16.3 Å². The van der Waals surface area contributed by atoms with E-state index < -0.39 is 0 Å². The highest BCUT2D eigenvalue weighted by Gasteiger charge is 2.31. The molecule has 1 rings (SSSR count). The second-order valence-electron chi connectivity index (χ2n) is 7.34. The highest BCUT2D eigenvalue weighted by Crippen LogP contribution is 2.26. The number of aliphatic hydroxyl groups excluding tert-OH is 1. The van der Waals surface area contributed by atoms with Crippen LogP contribution in [0.4, 0.5) is 0 Å². The zero-order chi connectivity index (χ0) is 17.5. The Kier molecular flexibility index (Phi) is 8.34. The fraction of sp³-hybridized carbons (Fsp3) is 0.944. The first-order valence-electron chi connectivity index (χ1n) is 9.31. The molecule has 0 aromatic heterocycles. The molecule has 1 heterocycles. The van der Waals surface area contributed by atoms with E-state index >= 15 is 0 Å². The van der Waals surface area contributed by atoms with Crippen LogP contribution in [0.15, 0.2) is 4.99 Å². The fourth-order valence-corrected chi connectivity index (χ4v) is 3.10. The van der Waals surface area contributed by atoms with Crippen molar-refractivity contribution in [1.82, 2.24) is 15.5 Å². The molecule has 0 amide bonds. The first-order chi connectivity index (χ1) is 10.9. The summed E-state index contributed by atoms with van der Waals surface area (Å²) in [5.41, 5.74) is -0.0897. The molecule has 1 aliphatic rings. The largest absolute Gasteiger partial charge is 0.396 e. The summed E-state index contributed by atoms with van der Waals surface area (Å²) in [6, 6.07) is 1.02. The van der Waals surface area contributed by atoms with E-state index in [9.17, 15) is 5.11 Å². The van der Waals surface area contributed by atoms with Crippen LogP contribution in [-0.2, 0) is 0 Å². The van der Waals surface area contributed by atoms with E-state index in [1.807, 2.05) is 0 Å². The Balaban J connectivity index is 2.73. The molecule has 0 aliphatic carbocycles. The zero-order valence-corrected chi connectivity index (χ0v) is 16.0. The van der Waals surface area contributed by atoms with Gasteiger partial charge in [-0.2, -0.15) is 0 Å². The zero-order valence-electron chi connectivity index (χ0n) is 16.0. The molecule has 1 saturated heterocycles. The molecule has 2 atom stereocenters. The summed E-state index contributed by atoms with van der Waals surface area (Å²) in [5.74, 6) is 1.50. The average Bonchev–Trinajstić information content (AvgIpc) is 2.90. The molecule has 1 fully saturated rings. The van der Waals surface area contributed by atoms with Crippen molar-refractivity contribution in [1.29, 1.82) is 0 Å². The van der Waals surface area contributed by atoms with Crippen molar-refractivity contribution in [2.45, 2.75) is 66.5 Å². The standard InChI is InChI=1S/C18H38N4O/c1-7-18(8-2,13-23)12-20-17(19-9-3)21-16-11-22(14(4)5)10-15(16)6/h14-16,23H,7-13H2,1-6H3,(H2,19,20,21). The van der Waals surface area contributed by atoms with Crippen LogP contribution >= 0.6 is 0 Å². The summed E-state index contributed by atoms with van der Waals surface area (Å²) in [6.07, 6.45) is 1.90. The molecule has 5 nitrogen and oxygen atoms in total. The van der Waals surface area contributed by atoms with Crippen molar-refractivity contribution in [2.75, 3.05) is 32.8 Å². The van der Waals surface area contributed by atoms with Crippen LogP contribution in [-0.4, -0.2) is 60.8 Å². The minimum Gasteiger partial charge on any atom is -0.396 e. The lowest BCUT2D eigenvalue weighted by Crippen LogP contribution is -2.47. The number of nitrogens with one attached hydrogen (secondary N) is 2. The summed E-state index contributed by atoms with van der Waals surface area (Å²) >= 11 is 0. The molecular weight excluding hydrogens is 288 g/mol. The number of aliphatic hydroxyl groups is 1. The molecule has 2 unspecified atom stereocenters. The van der Waals surface area contributed by atoms with Gasteiger partial charge in [-0.3, -0.25) is 9.89 Å². The van der Waals surface area contributed by atoms with Gasteiger partial charge in [0.25, 0.3) is 0 Å². The van der Waals surface area contributed by atoms with Crippen LogP contribution in [0.3, 0.4) is 0 Å². The van der Waals surface area contributed by atoms with Gasteiger partial charge in [0, 0.05) is 37.1 Å². The molecule has 0 aromatic rings. The SMILES string of the molecule is CCNC(=NCC(CC)(CC)CO)NC1CN(C(C)C)CC1C. The van der Waals surface area contributed by atoms with Gasteiger partial charge in [0.2, 0.25) is 0 Å². The monoisotopic (exact) mass is 326 g/mol. The summed E-state index contributed by atoms with van der Waals surface area (Å²) in [4.78, 5) is 7.30. The maximum absolute atomic E-state index is 9.72. The number of likely N-dealkylation sites (tertiary alicyclic amines) is 1. The third-order valence-corrected chi connectivity index (χ3v) is 5.45. The third-order valence-electron chi connectivity index (χ3n) is 5.45. The number of guanidine groups is 1. The van der Waals surface area contributed by atoms with E-state index in [0.717, 1.165) is 38.4 Å². The molecule has 0 saturated carbocycles. The molecule has 5 heteroatoms. The molecule has 0 spiro atoms. The molecular formula is C18H38N4O. The Hall–Kier alpha value is -0.810. The predicted molar refractivity (Wildman–Crippen MR) is 98.9 cm³/mol. The van der Waals surface area contributed by atoms with Gasteiger partial charge in [-0.15, -0.1) is 0 Å². The number of hydrogen-bond acceptors (Lipinski definition) is 3. The van der Waals surface area contributed by atoms with Crippen LogP contribution in [0, 0.1) is 11.3 Å². The molecule has 0 bridgehead atoms. The van der Waals surface area contributed by atoms with Crippen LogP contribution < -0.4 is 10.6 Å². The molecule has 23 heavy (non-hydrogen) atoms. The predicted octanol–water partition coefficient (Wildman–Crippen LogP) is 2.07. The van der Waals surface area contributed by atoms with Crippen LogP contribution in [0.5, 0.6) is 0 Å². The Morgan fingerprint density at radius 1 is 1.26 bits per heavy atom. The molecule has 0 aromatic carbocycles. The summed E-state index contributed by atoms with van der Waals surface area (Å²) in [7, 11) is 0. The Labute approximate surface area is 142 Å². The summed E-state index contributed by atoms with van der Waals surface area (Å²) < 4.78 is 0. The summed E-state index contributed by atoms with van der Waals surface area (Å²) in [5, 5.41) is 16.7. The third kappa shape index (κ3) is 5.64.